The molecule has 0 aliphatic rings. The van der Waals surface area contributed by atoms with Crippen LogP contribution in [0.5, 0.6) is 0 Å². The SMILES string of the molecule is CN(CC(N)=S)S(=O)(=O)CCc1ccncc1. The van der Waals surface area contributed by atoms with E-state index in [1.807, 2.05) is 0 Å². The summed E-state index contributed by atoms with van der Waals surface area (Å²) in [4.78, 5) is 4.04. The number of pyridine rings is 1. The summed E-state index contributed by atoms with van der Waals surface area (Å²) in [7, 11) is -1.83. The fourth-order valence-corrected chi connectivity index (χ4v) is 2.69. The zero-order valence-electron chi connectivity index (χ0n) is 9.54. The molecule has 0 spiro atoms. The maximum atomic E-state index is 11.8. The van der Waals surface area contributed by atoms with Gasteiger partial charge in [0.15, 0.2) is 0 Å². The number of aromatic nitrogens is 1. The van der Waals surface area contributed by atoms with Crippen molar-refractivity contribution < 1.29 is 8.42 Å². The van der Waals surface area contributed by atoms with E-state index in [-0.39, 0.29) is 17.3 Å². The summed E-state index contributed by atoms with van der Waals surface area (Å²) in [5, 5.41) is 0. The number of likely N-dealkylation sites (N-methyl/N-ethyl adjacent to an activating group) is 1. The summed E-state index contributed by atoms with van der Waals surface area (Å²) in [6, 6.07) is 3.59. The van der Waals surface area contributed by atoms with Gasteiger partial charge in [-0.05, 0) is 24.1 Å². The van der Waals surface area contributed by atoms with Crippen LogP contribution in [-0.4, -0.2) is 42.0 Å². The Morgan fingerprint density at radius 3 is 2.59 bits per heavy atom. The summed E-state index contributed by atoms with van der Waals surface area (Å²) in [5.41, 5.74) is 6.25. The van der Waals surface area contributed by atoms with Crippen LogP contribution in [0.3, 0.4) is 0 Å². The van der Waals surface area contributed by atoms with Crippen molar-refractivity contribution in [2.45, 2.75) is 6.42 Å². The van der Waals surface area contributed by atoms with E-state index in [1.54, 1.807) is 24.5 Å². The van der Waals surface area contributed by atoms with E-state index in [4.69, 9.17) is 5.73 Å². The van der Waals surface area contributed by atoms with Crippen molar-refractivity contribution in [3.8, 4) is 0 Å². The number of thiocarbonyl (C=S) groups is 1. The van der Waals surface area contributed by atoms with E-state index in [9.17, 15) is 8.42 Å². The fraction of sp³-hybridized carbons (Fsp3) is 0.400. The molecule has 0 atom stereocenters. The minimum absolute atomic E-state index is 0.0378. The summed E-state index contributed by atoms with van der Waals surface area (Å²) >= 11 is 4.68. The third-order valence-electron chi connectivity index (χ3n) is 2.25. The second-order valence-corrected chi connectivity index (χ2v) is 6.36. The van der Waals surface area contributed by atoms with Crippen LogP contribution >= 0.6 is 12.2 Å². The van der Waals surface area contributed by atoms with Gasteiger partial charge in [0.05, 0.1) is 17.3 Å². The fourth-order valence-electron chi connectivity index (χ4n) is 1.27. The summed E-state index contributed by atoms with van der Waals surface area (Å²) in [6.07, 6.45) is 3.73. The molecule has 7 heteroatoms. The lowest BCUT2D eigenvalue weighted by Crippen LogP contribution is -2.36. The molecule has 0 amide bonds. The largest absolute Gasteiger partial charge is 0.392 e. The van der Waals surface area contributed by atoms with E-state index >= 15 is 0 Å². The molecule has 1 rings (SSSR count). The van der Waals surface area contributed by atoms with Crippen molar-refractivity contribution in [2.24, 2.45) is 5.73 Å². The molecule has 1 aromatic rings. The zero-order valence-corrected chi connectivity index (χ0v) is 11.2. The second kappa shape index (κ2) is 6.04. The first-order chi connectivity index (χ1) is 7.92. The Bertz CT molecular complexity index is 474. The number of sulfonamides is 1. The smallest absolute Gasteiger partial charge is 0.214 e. The van der Waals surface area contributed by atoms with Gasteiger partial charge in [-0.1, -0.05) is 12.2 Å². The number of hydrogen-bond acceptors (Lipinski definition) is 4. The van der Waals surface area contributed by atoms with Crippen molar-refractivity contribution in [2.75, 3.05) is 19.3 Å². The molecule has 1 aromatic heterocycles. The van der Waals surface area contributed by atoms with E-state index in [0.717, 1.165) is 5.56 Å². The monoisotopic (exact) mass is 273 g/mol. The topological polar surface area (TPSA) is 76.3 Å². The lowest BCUT2D eigenvalue weighted by Gasteiger charge is -2.16. The molecule has 17 heavy (non-hydrogen) atoms. The Hall–Kier alpha value is -1.05. The highest BCUT2D eigenvalue weighted by atomic mass is 32.2. The first-order valence-corrected chi connectivity index (χ1v) is 7.05. The molecule has 5 nitrogen and oxygen atoms in total. The number of nitrogens with two attached hydrogens (primary N) is 1. The third-order valence-corrected chi connectivity index (χ3v) is 4.18. The first kappa shape index (κ1) is 14.0. The normalized spacial score (nSPS) is 11.6. The minimum Gasteiger partial charge on any atom is -0.392 e. The lowest BCUT2D eigenvalue weighted by molar-refractivity contribution is 0.505. The van der Waals surface area contributed by atoms with Crippen LogP contribution in [0.25, 0.3) is 0 Å². The summed E-state index contributed by atoms with van der Waals surface area (Å²) in [6.45, 7) is 0.0774. The second-order valence-electron chi connectivity index (χ2n) is 3.64. The van der Waals surface area contributed by atoms with Crippen molar-refractivity contribution in [1.82, 2.24) is 9.29 Å². The van der Waals surface area contributed by atoms with Gasteiger partial charge < -0.3 is 5.73 Å². The van der Waals surface area contributed by atoms with Crippen molar-refractivity contribution >= 4 is 27.2 Å². The Morgan fingerprint density at radius 1 is 1.47 bits per heavy atom. The number of hydrogen-bond donors (Lipinski definition) is 1. The van der Waals surface area contributed by atoms with Gasteiger partial charge in [0.1, 0.15) is 0 Å². The summed E-state index contributed by atoms with van der Waals surface area (Å²) in [5.74, 6) is 0.0378. The molecule has 0 radical (unpaired) electrons. The van der Waals surface area contributed by atoms with Gasteiger partial charge in [-0.25, -0.2) is 8.42 Å². The van der Waals surface area contributed by atoms with Gasteiger partial charge in [0.2, 0.25) is 10.0 Å². The Morgan fingerprint density at radius 2 is 2.06 bits per heavy atom. The maximum Gasteiger partial charge on any atom is 0.214 e. The zero-order chi connectivity index (χ0) is 12.9. The van der Waals surface area contributed by atoms with E-state index in [0.29, 0.717) is 6.42 Å². The molecular weight excluding hydrogens is 258 g/mol. The predicted molar refractivity (Wildman–Crippen MR) is 71.1 cm³/mol. The van der Waals surface area contributed by atoms with E-state index in [2.05, 4.69) is 17.2 Å². The molecule has 2 N–H and O–H groups in total. The molecule has 0 saturated carbocycles. The van der Waals surface area contributed by atoms with Crippen LogP contribution in [0.15, 0.2) is 24.5 Å². The van der Waals surface area contributed by atoms with Gasteiger partial charge >= 0.3 is 0 Å². The molecular formula is C10H15N3O2S2. The number of aryl methyl sites for hydroxylation is 1. The molecule has 0 aliphatic heterocycles. The van der Waals surface area contributed by atoms with Crippen molar-refractivity contribution in [3.63, 3.8) is 0 Å². The van der Waals surface area contributed by atoms with Gasteiger partial charge in [-0.15, -0.1) is 0 Å². The Labute approximate surface area is 107 Å². The molecule has 0 unspecified atom stereocenters. The van der Waals surface area contributed by atoms with E-state index < -0.39 is 10.0 Å². The Balaban J connectivity index is 2.59. The molecule has 0 saturated heterocycles. The van der Waals surface area contributed by atoms with Gasteiger partial charge in [0.25, 0.3) is 0 Å². The highest BCUT2D eigenvalue weighted by Gasteiger charge is 2.17. The van der Waals surface area contributed by atoms with Crippen LogP contribution in [-0.2, 0) is 16.4 Å². The van der Waals surface area contributed by atoms with Crippen LogP contribution in [0.4, 0.5) is 0 Å². The average molecular weight is 273 g/mol. The van der Waals surface area contributed by atoms with Crippen LogP contribution in [0, 0.1) is 0 Å². The molecule has 1 heterocycles. The highest BCUT2D eigenvalue weighted by molar-refractivity contribution is 7.89. The molecule has 0 aromatic carbocycles. The van der Waals surface area contributed by atoms with E-state index in [1.165, 1.54) is 11.4 Å². The summed E-state index contributed by atoms with van der Waals surface area (Å²) < 4.78 is 24.8. The third kappa shape index (κ3) is 4.76. The van der Waals surface area contributed by atoms with Gasteiger partial charge in [-0.2, -0.15) is 4.31 Å². The quantitative estimate of drug-likeness (QED) is 0.748. The maximum absolute atomic E-state index is 11.8. The first-order valence-electron chi connectivity index (χ1n) is 5.03. The highest BCUT2D eigenvalue weighted by Crippen LogP contribution is 2.04. The van der Waals surface area contributed by atoms with Crippen molar-refractivity contribution in [3.05, 3.63) is 30.1 Å². The van der Waals surface area contributed by atoms with Crippen molar-refractivity contribution in [1.29, 1.82) is 0 Å². The molecule has 0 bridgehead atoms. The van der Waals surface area contributed by atoms with Gasteiger partial charge in [0, 0.05) is 19.4 Å². The minimum atomic E-state index is -3.31. The molecule has 0 aliphatic carbocycles. The molecule has 0 fully saturated rings. The van der Waals surface area contributed by atoms with Crippen LogP contribution in [0.2, 0.25) is 0 Å². The Kier molecular flexibility index (Phi) is 4.98. The van der Waals surface area contributed by atoms with Crippen LogP contribution in [0.1, 0.15) is 5.56 Å². The standard InChI is InChI=1S/C10H15N3O2S2/c1-13(8-10(11)16)17(14,15)7-4-9-2-5-12-6-3-9/h2-3,5-6H,4,7-8H2,1H3,(H2,11,16). The average Bonchev–Trinajstić information content (AvgIpc) is 2.27. The van der Waals surface area contributed by atoms with Gasteiger partial charge in [-0.3, -0.25) is 4.98 Å². The molecule has 94 valence electrons. The number of rotatable bonds is 6. The predicted octanol–water partition coefficient (Wildman–Crippen LogP) is 0.172. The number of nitrogens with zero attached hydrogens (tertiary/aromatic N) is 2. The van der Waals surface area contributed by atoms with Crippen LogP contribution < -0.4 is 5.73 Å². The lowest BCUT2D eigenvalue weighted by atomic mass is 10.2.